The largest absolute Gasteiger partial charge is 0.392 e. The molecule has 1 saturated heterocycles. The standard InChI is InChI=1S/C14H20N2O2/c1-15-14(18)13-3-2-8-16(13)9-11-4-6-12(10-17)7-5-11/h4-7,13,17H,2-3,8-10H2,1H3,(H,15,18). The highest BCUT2D eigenvalue weighted by molar-refractivity contribution is 5.81. The summed E-state index contributed by atoms with van der Waals surface area (Å²) in [7, 11) is 1.69. The fourth-order valence-electron chi connectivity index (χ4n) is 2.46. The predicted molar refractivity (Wildman–Crippen MR) is 69.9 cm³/mol. The number of aliphatic hydroxyl groups is 1. The van der Waals surface area contributed by atoms with E-state index in [0.717, 1.165) is 31.5 Å². The Kier molecular flexibility index (Phi) is 4.33. The number of nitrogens with one attached hydrogen (secondary N) is 1. The number of rotatable bonds is 4. The molecule has 0 radical (unpaired) electrons. The molecule has 1 unspecified atom stereocenters. The fraction of sp³-hybridized carbons (Fsp3) is 0.500. The maximum atomic E-state index is 11.7. The first-order valence-corrected chi connectivity index (χ1v) is 6.39. The van der Waals surface area contributed by atoms with E-state index < -0.39 is 0 Å². The number of benzene rings is 1. The summed E-state index contributed by atoms with van der Waals surface area (Å²) in [4.78, 5) is 13.9. The molecule has 1 aliphatic heterocycles. The van der Waals surface area contributed by atoms with Gasteiger partial charge in [0.05, 0.1) is 12.6 Å². The van der Waals surface area contributed by atoms with Crippen LogP contribution in [0.25, 0.3) is 0 Å². The molecule has 1 aliphatic rings. The van der Waals surface area contributed by atoms with Crippen molar-refractivity contribution < 1.29 is 9.90 Å². The molecule has 0 saturated carbocycles. The van der Waals surface area contributed by atoms with Crippen LogP contribution in [0.15, 0.2) is 24.3 Å². The van der Waals surface area contributed by atoms with Crippen LogP contribution in [0.3, 0.4) is 0 Å². The lowest BCUT2D eigenvalue weighted by Gasteiger charge is -2.23. The van der Waals surface area contributed by atoms with Crippen molar-refractivity contribution in [3.05, 3.63) is 35.4 Å². The molecule has 1 atom stereocenters. The molecule has 4 nitrogen and oxygen atoms in total. The van der Waals surface area contributed by atoms with Crippen LogP contribution in [0.5, 0.6) is 0 Å². The van der Waals surface area contributed by atoms with Gasteiger partial charge in [-0.25, -0.2) is 0 Å². The lowest BCUT2D eigenvalue weighted by Crippen LogP contribution is -2.41. The van der Waals surface area contributed by atoms with E-state index in [2.05, 4.69) is 10.2 Å². The first-order valence-electron chi connectivity index (χ1n) is 6.39. The van der Waals surface area contributed by atoms with Crippen LogP contribution in [0.4, 0.5) is 0 Å². The predicted octanol–water partition coefficient (Wildman–Crippen LogP) is 0.889. The summed E-state index contributed by atoms with van der Waals surface area (Å²) in [6.45, 7) is 1.84. The Morgan fingerprint density at radius 2 is 2.06 bits per heavy atom. The van der Waals surface area contributed by atoms with Gasteiger partial charge in [-0.2, -0.15) is 0 Å². The Labute approximate surface area is 108 Å². The minimum absolute atomic E-state index is 0.00696. The molecule has 0 aliphatic carbocycles. The Morgan fingerprint density at radius 1 is 1.39 bits per heavy atom. The van der Waals surface area contributed by atoms with E-state index in [9.17, 15) is 4.79 Å². The van der Waals surface area contributed by atoms with Gasteiger partial charge in [0, 0.05) is 13.6 Å². The third-order valence-corrected chi connectivity index (χ3v) is 3.50. The van der Waals surface area contributed by atoms with E-state index in [1.165, 1.54) is 5.56 Å². The monoisotopic (exact) mass is 248 g/mol. The highest BCUT2D eigenvalue weighted by Crippen LogP contribution is 2.20. The van der Waals surface area contributed by atoms with Gasteiger partial charge in [-0.3, -0.25) is 9.69 Å². The van der Waals surface area contributed by atoms with Gasteiger partial charge in [-0.05, 0) is 30.5 Å². The third-order valence-electron chi connectivity index (χ3n) is 3.50. The van der Waals surface area contributed by atoms with Crippen LogP contribution >= 0.6 is 0 Å². The zero-order chi connectivity index (χ0) is 13.0. The normalized spacial score (nSPS) is 20.0. The average molecular weight is 248 g/mol. The molecule has 98 valence electrons. The van der Waals surface area contributed by atoms with E-state index in [1.807, 2.05) is 24.3 Å². The van der Waals surface area contributed by atoms with Crippen LogP contribution < -0.4 is 5.32 Å². The molecule has 1 aromatic rings. The molecule has 4 heteroatoms. The van der Waals surface area contributed by atoms with Crippen LogP contribution in [0.1, 0.15) is 24.0 Å². The smallest absolute Gasteiger partial charge is 0.237 e. The second-order valence-corrected chi connectivity index (χ2v) is 4.72. The van der Waals surface area contributed by atoms with Crippen LogP contribution in [0, 0.1) is 0 Å². The van der Waals surface area contributed by atoms with E-state index >= 15 is 0 Å². The Morgan fingerprint density at radius 3 is 2.67 bits per heavy atom. The molecule has 1 fully saturated rings. The molecular formula is C14H20N2O2. The first kappa shape index (κ1) is 13.1. The number of likely N-dealkylation sites (tertiary alicyclic amines) is 1. The first-order chi connectivity index (χ1) is 8.74. The molecule has 0 bridgehead atoms. The lowest BCUT2D eigenvalue weighted by atomic mass is 10.1. The zero-order valence-corrected chi connectivity index (χ0v) is 10.7. The summed E-state index contributed by atoms with van der Waals surface area (Å²) in [5.41, 5.74) is 2.10. The second-order valence-electron chi connectivity index (χ2n) is 4.72. The van der Waals surface area contributed by atoms with Crippen LogP contribution in [-0.4, -0.2) is 35.5 Å². The topological polar surface area (TPSA) is 52.6 Å². The van der Waals surface area contributed by atoms with Crippen molar-refractivity contribution >= 4 is 5.91 Å². The molecule has 18 heavy (non-hydrogen) atoms. The Hall–Kier alpha value is -1.39. The zero-order valence-electron chi connectivity index (χ0n) is 10.7. The summed E-state index contributed by atoms with van der Waals surface area (Å²) in [6, 6.07) is 7.91. The fourth-order valence-corrected chi connectivity index (χ4v) is 2.46. The minimum atomic E-state index is 0.00696. The van der Waals surface area contributed by atoms with Gasteiger partial charge >= 0.3 is 0 Å². The van der Waals surface area contributed by atoms with Crippen molar-refractivity contribution in [2.45, 2.75) is 32.0 Å². The SMILES string of the molecule is CNC(=O)C1CCCN1Cc1ccc(CO)cc1. The Bertz CT molecular complexity index is 403. The number of nitrogens with zero attached hydrogens (tertiary/aromatic N) is 1. The summed E-state index contributed by atoms with van der Waals surface area (Å²) in [6.07, 6.45) is 2.02. The number of carbonyl (C=O) groups excluding carboxylic acids is 1. The third kappa shape index (κ3) is 2.89. The van der Waals surface area contributed by atoms with Gasteiger partial charge in [0.15, 0.2) is 0 Å². The van der Waals surface area contributed by atoms with Gasteiger partial charge in [0.25, 0.3) is 0 Å². The molecule has 1 amide bonds. The van der Waals surface area contributed by atoms with Gasteiger partial charge in [0.2, 0.25) is 5.91 Å². The molecular weight excluding hydrogens is 228 g/mol. The van der Waals surface area contributed by atoms with Gasteiger partial charge in [0.1, 0.15) is 0 Å². The number of likely N-dealkylation sites (N-methyl/N-ethyl adjacent to an activating group) is 1. The summed E-state index contributed by atoms with van der Waals surface area (Å²) in [5, 5.41) is 11.7. The van der Waals surface area contributed by atoms with Gasteiger partial charge < -0.3 is 10.4 Å². The van der Waals surface area contributed by atoms with E-state index in [1.54, 1.807) is 7.05 Å². The molecule has 1 aromatic carbocycles. The van der Waals surface area contributed by atoms with E-state index in [4.69, 9.17) is 5.11 Å². The minimum Gasteiger partial charge on any atom is -0.392 e. The molecule has 0 aromatic heterocycles. The second kappa shape index (κ2) is 5.98. The maximum absolute atomic E-state index is 11.7. The number of amides is 1. The van der Waals surface area contributed by atoms with Crippen molar-refractivity contribution in [2.24, 2.45) is 0 Å². The van der Waals surface area contributed by atoms with Crippen molar-refractivity contribution in [3.63, 3.8) is 0 Å². The number of aliphatic hydroxyl groups excluding tert-OH is 1. The maximum Gasteiger partial charge on any atom is 0.237 e. The van der Waals surface area contributed by atoms with Crippen LogP contribution in [-0.2, 0) is 17.9 Å². The lowest BCUT2D eigenvalue weighted by molar-refractivity contribution is -0.125. The summed E-state index contributed by atoms with van der Waals surface area (Å²) >= 11 is 0. The van der Waals surface area contributed by atoms with Gasteiger partial charge in [-0.1, -0.05) is 24.3 Å². The van der Waals surface area contributed by atoms with Crippen molar-refractivity contribution in [3.8, 4) is 0 Å². The molecule has 1 heterocycles. The number of hydrogen-bond acceptors (Lipinski definition) is 3. The Balaban J connectivity index is 2.01. The van der Waals surface area contributed by atoms with E-state index in [-0.39, 0.29) is 18.6 Å². The highest BCUT2D eigenvalue weighted by Gasteiger charge is 2.29. The summed E-state index contributed by atoms with van der Waals surface area (Å²) in [5.74, 6) is 0.111. The van der Waals surface area contributed by atoms with Crippen molar-refractivity contribution in [1.82, 2.24) is 10.2 Å². The summed E-state index contributed by atoms with van der Waals surface area (Å²) < 4.78 is 0. The van der Waals surface area contributed by atoms with Crippen molar-refractivity contribution in [1.29, 1.82) is 0 Å². The average Bonchev–Trinajstić information content (AvgIpc) is 2.87. The quantitative estimate of drug-likeness (QED) is 0.832. The molecule has 0 spiro atoms. The number of hydrogen-bond donors (Lipinski definition) is 2. The highest BCUT2D eigenvalue weighted by atomic mass is 16.3. The van der Waals surface area contributed by atoms with Gasteiger partial charge in [-0.15, -0.1) is 0 Å². The van der Waals surface area contributed by atoms with Crippen molar-refractivity contribution in [2.75, 3.05) is 13.6 Å². The van der Waals surface area contributed by atoms with Crippen LogP contribution in [0.2, 0.25) is 0 Å². The van der Waals surface area contributed by atoms with E-state index in [0.29, 0.717) is 0 Å². The molecule has 2 rings (SSSR count). The number of carbonyl (C=O) groups is 1. The molecule has 2 N–H and O–H groups in total.